The van der Waals surface area contributed by atoms with Crippen LogP contribution >= 0.6 is 0 Å². The molecule has 15 heteroatoms. The fourth-order valence-corrected chi connectivity index (χ4v) is 3.32. The molecule has 0 amide bonds. The molecule has 0 spiro atoms. The molecular formula is C32H53FO14. The van der Waals surface area contributed by atoms with E-state index in [1.807, 2.05) is 0 Å². The van der Waals surface area contributed by atoms with E-state index in [1.54, 1.807) is 30.3 Å². The summed E-state index contributed by atoms with van der Waals surface area (Å²) in [6.07, 6.45) is 0. The summed E-state index contributed by atoms with van der Waals surface area (Å²) >= 11 is 0. The lowest BCUT2D eigenvalue weighted by Gasteiger charge is -2.09. The lowest BCUT2D eigenvalue weighted by molar-refractivity contribution is -0.139. The van der Waals surface area contributed by atoms with Gasteiger partial charge < -0.3 is 56.8 Å². The van der Waals surface area contributed by atoms with Crippen molar-refractivity contribution in [1.82, 2.24) is 0 Å². The van der Waals surface area contributed by atoms with Crippen molar-refractivity contribution in [2.24, 2.45) is 0 Å². The Hall–Kier alpha value is -2.15. The van der Waals surface area contributed by atoms with Crippen LogP contribution in [0, 0.1) is 0 Å². The molecule has 1 aromatic rings. The molecule has 0 aliphatic rings. The van der Waals surface area contributed by atoms with Crippen molar-refractivity contribution in [1.29, 1.82) is 0 Å². The van der Waals surface area contributed by atoms with Crippen LogP contribution in [0.15, 0.2) is 30.3 Å². The van der Waals surface area contributed by atoms with Gasteiger partial charge in [-0.3, -0.25) is 4.79 Å². The monoisotopic (exact) mass is 680 g/mol. The minimum absolute atomic E-state index is 0.00660. The van der Waals surface area contributed by atoms with E-state index in [4.69, 9.17) is 56.8 Å². The van der Waals surface area contributed by atoms with Crippen molar-refractivity contribution in [3.05, 3.63) is 35.9 Å². The third-order valence-electron chi connectivity index (χ3n) is 5.62. The van der Waals surface area contributed by atoms with Gasteiger partial charge >= 0.3 is 5.97 Å². The lowest BCUT2D eigenvalue weighted by Crippen LogP contribution is -2.20. The topological polar surface area (TPSA) is 145 Å². The summed E-state index contributed by atoms with van der Waals surface area (Å²) in [5.74, 6) is -1.58. The molecule has 0 aliphatic carbocycles. The first-order chi connectivity index (χ1) is 23.3. The van der Waals surface area contributed by atoms with Gasteiger partial charge in [0.1, 0.15) is 13.3 Å². The number of rotatable bonds is 37. The highest BCUT2D eigenvalue weighted by atomic mass is 19.1. The number of carbonyl (C=O) groups is 2. The maximum absolute atomic E-state index is 11.9. The molecule has 0 atom stereocenters. The van der Waals surface area contributed by atoms with Crippen LogP contribution in [0.1, 0.15) is 10.4 Å². The maximum atomic E-state index is 11.9. The van der Waals surface area contributed by atoms with E-state index in [-0.39, 0.29) is 19.8 Å². The highest BCUT2D eigenvalue weighted by Crippen LogP contribution is 2.01. The average molecular weight is 681 g/mol. The van der Waals surface area contributed by atoms with Gasteiger partial charge in [-0.1, -0.05) is 30.3 Å². The van der Waals surface area contributed by atoms with Gasteiger partial charge in [0.05, 0.1) is 145 Å². The van der Waals surface area contributed by atoms with Gasteiger partial charge in [0.2, 0.25) is 0 Å². The number of carbonyl (C=O) groups excluding carboxylic acids is 2. The molecule has 0 aromatic heterocycles. The van der Waals surface area contributed by atoms with Crippen LogP contribution in [-0.4, -0.2) is 170 Å². The van der Waals surface area contributed by atoms with Crippen LogP contribution in [0.3, 0.4) is 0 Å². The highest BCUT2D eigenvalue weighted by Gasteiger charge is 2.17. The predicted octanol–water partition coefficient (Wildman–Crippen LogP) is 1.56. The van der Waals surface area contributed by atoms with Crippen molar-refractivity contribution >= 4 is 11.8 Å². The zero-order valence-electron chi connectivity index (χ0n) is 27.5. The molecule has 0 fully saturated rings. The van der Waals surface area contributed by atoms with Gasteiger partial charge in [-0.2, -0.15) is 0 Å². The molecule has 1 aromatic carbocycles. The van der Waals surface area contributed by atoms with Crippen LogP contribution < -0.4 is 0 Å². The van der Waals surface area contributed by atoms with Gasteiger partial charge in [0.15, 0.2) is 0 Å². The number of hydrogen-bond acceptors (Lipinski definition) is 14. The van der Waals surface area contributed by atoms with Gasteiger partial charge in [0, 0.05) is 5.56 Å². The van der Waals surface area contributed by atoms with Crippen LogP contribution in [0.4, 0.5) is 4.39 Å². The third-order valence-corrected chi connectivity index (χ3v) is 5.62. The van der Waals surface area contributed by atoms with Gasteiger partial charge in [-0.05, 0) is 0 Å². The molecule has 1 rings (SSSR count). The smallest absolute Gasteiger partial charge is 0.379 e. The molecule has 0 N–H and O–H groups in total. The van der Waals surface area contributed by atoms with E-state index < -0.39 is 18.4 Å². The third kappa shape index (κ3) is 29.7. The standard InChI is InChI=1S/C32H53FO14/c33-6-7-36-8-9-37-10-11-38-12-13-39-14-15-40-16-17-41-18-19-42-20-21-43-22-23-44-24-25-45-26-27-46-28-29-47-32(35)31(34)30-4-2-1-3-5-30/h1-5H,6-29H2. The van der Waals surface area contributed by atoms with E-state index in [1.165, 1.54) is 0 Å². The van der Waals surface area contributed by atoms with E-state index in [2.05, 4.69) is 0 Å². The normalized spacial score (nSPS) is 11.3. The Balaban J connectivity index is 1.66. The molecule has 47 heavy (non-hydrogen) atoms. The number of ketones is 1. The van der Waals surface area contributed by atoms with Crippen LogP contribution in [0.2, 0.25) is 0 Å². The predicted molar refractivity (Wildman–Crippen MR) is 167 cm³/mol. The fourth-order valence-electron chi connectivity index (χ4n) is 3.32. The van der Waals surface area contributed by atoms with Gasteiger partial charge in [-0.25, -0.2) is 9.18 Å². The Kier molecular flexibility index (Phi) is 32.1. The second-order valence-electron chi connectivity index (χ2n) is 9.26. The Morgan fingerprint density at radius 3 is 0.915 bits per heavy atom. The largest absolute Gasteiger partial charge is 0.457 e. The zero-order chi connectivity index (χ0) is 33.7. The van der Waals surface area contributed by atoms with Crippen molar-refractivity contribution in [3.8, 4) is 0 Å². The maximum Gasteiger partial charge on any atom is 0.379 e. The molecule has 0 saturated carbocycles. The summed E-state index contributed by atoms with van der Waals surface area (Å²) in [6, 6.07) is 8.24. The molecule has 0 saturated heterocycles. The molecule has 0 radical (unpaired) electrons. The Morgan fingerprint density at radius 1 is 0.383 bits per heavy atom. The molecule has 272 valence electrons. The van der Waals surface area contributed by atoms with E-state index >= 15 is 0 Å². The number of hydrogen-bond donors (Lipinski definition) is 0. The average Bonchev–Trinajstić information content (AvgIpc) is 3.10. The summed E-state index contributed by atoms with van der Waals surface area (Å²) in [7, 11) is 0. The number of benzene rings is 1. The van der Waals surface area contributed by atoms with E-state index in [0.717, 1.165) is 0 Å². The second-order valence-corrected chi connectivity index (χ2v) is 9.26. The van der Waals surface area contributed by atoms with Crippen molar-refractivity contribution < 1.29 is 70.8 Å². The summed E-state index contributed by atoms with van der Waals surface area (Å²) in [4.78, 5) is 23.6. The number of esters is 1. The fraction of sp³-hybridized carbons (Fsp3) is 0.750. The van der Waals surface area contributed by atoms with Crippen molar-refractivity contribution in [3.63, 3.8) is 0 Å². The SMILES string of the molecule is O=C(OCCOCCOCCOCCOCCOCCOCCOCCOCCOCCOCCOCCF)C(=O)c1ccccc1. The molecule has 14 nitrogen and oxygen atoms in total. The van der Waals surface area contributed by atoms with Crippen molar-refractivity contribution in [2.45, 2.75) is 0 Å². The zero-order valence-corrected chi connectivity index (χ0v) is 27.5. The summed E-state index contributed by atoms with van der Waals surface area (Å²) in [6.45, 7) is 8.75. The first kappa shape index (κ1) is 42.9. The minimum atomic E-state index is -0.901. The Labute approximate surface area is 277 Å². The summed E-state index contributed by atoms with van der Waals surface area (Å²) < 4.78 is 75.7. The number of alkyl halides is 1. The second kappa shape index (κ2) is 35.2. The summed E-state index contributed by atoms with van der Waals surface area (Å²) in [5.41, 5.74) is 0.292. The van der Waals surface area contributed by atoms with Crippen LogP contribution in [0.5, 0.6) is 0 Å². The molecule has 0 aliphatic heterocycles. The van der Waals surface area contributed by atoms with Crippen molar-refractivity contribution in [2.75, 3.05) is 159 Å². The summed E-state index contributed by atoms with van der Waals surface area (Å²) in [5, 5.41) is 0. The molecular weight excluding hydrogens is 627 g/mol. The molecule has 0 bridgehead atoms. The van der Waals surface area contributed by atoms with E-state index in [9.17, 15) is 14.0 Å². The highest BCUT2D eigenvalue weighted by molar-refractivity contribution is 6.40. The Morgan fingerprint density at radius 2 is 0.638 bits per heavy atom. The van der Waals surface area contributed by atoms with Gasteiger partial charge in [-0.15, -0.1) is 0 Å². The minimum Gasteiger partial charge on any atom is -0.457 e. The Bertz CT molecular complexity index is 820. The molecule has 0 unspecified atom stereocenters. The number of halogens is 1. The van der Waals surface area contributed by atoms with E-state index in [0.29, 0.717) is 138 Å². The number of ether oxygens (including phenoxy) is 12. The first-order valence-corrected chi connectivity index (χ1v) is 15.9. The van der Waals surface area contributed by atoms with Crippen LogP contribution in [-0.2, 0) is 61.6 Å². The quantitative estimate of drug-likeness (QED) is 0.0434. The lowest BCUT2D eigenvalue weighted by atomic mass is 10.1. The number of Topliss-reactive ketones (excluding diaryl/α,β-unsaturated/α-hetero) is 1. The van der Waals surface area contributed by atoms with Crippen LogP contribution in [0.25, 0.3) is 0 Å². The molecule has 0 heterocycles. The first-order valence-electron chi connectivity index (χ1n) is 15.9. The van der Waals surface area contributed by atoms with Gasteiger partial charge in [0.25, 0.3) is 5.78 Å².